The zero-order valence-corrected chi connectivity index (χ0v) is 9.06. The highest BCUT2D eigenvalue weighted by Gasteiger charge is 1.99. The first-order chi connectivity index (χ1) is 7.33. The van der Waals surface area contributed by atoms with Crippen molar-refractivity contribution in [3.63, 3.8) is 0 Å². The molecule has 15 heavy (non-hydrogen) atoms. The van der Waals surface area contributed by atoms with Gasteiger partial charge in [-0.05, 0) is 5.56 Å². The van der Waals surface area contributed by atoms with E-state index < -0.39 is 0 Å². The Hall–Kier alpha value is -0.900. The average molecular weight is 210 g/mol. The van der Waals surface area contributed by atoms with Crippen LogP contribution in [-0.4, -0.2) is 25.1 Å². The van der Waals surface area contributed by atoms with E-state index in [9.17, 15) is 0 Å². The maximum Gasteiger partial charge on any atom is 0.147 e. The molecule has 1 aromatic carbocycles. The molecule has 0 spiro atoms. The van der Waals surface area contributed by atoms with Gasteiger partial charge in [0.1, 0.15) is 6.79 Å². The van der Waals surface area contributed by atoms with Crippen LogP contribution in [0.5, 0.6) is 0 Å². The van der Waals surface area contributed by atoms with Crippen LogP contribution in [0.25, 0.3) is 0 Å². The molecule has 0 aliphatic carbocycles. The number of hydrogen-bond acceptors (Lipinski definition) is 3. The molecule has 1 atom stereocenters. The Morgan fingerprint density at radius 2 is 1.93 bits per heavy atom. The van der Waals surface area contributed by atoms with Crippen molar-refractivity contribution in [3.05, 3.63) is 35.9 Å². The van der Waals surface area contributed by atoms with Crippen molar-refractivity contribution < 1.29 is 14.6 Å². The number of ether oxygens (including phenoxy) is 2. The Labute approximate surface area is 90.6 Å². The number of rotatable bonds is 7. The number of hydrogen-bond donors (Lipinski definition) is 1. The van der Waals surface area contributed by atoms with Crippen LogP contribution in [0, 0.1) is 5.92 Å². The lowest BCUT2D eigenvalue weighted by Crippen LogP contribution is -2.11. The number of aliphatic hydroxyl groups is 1. The van der Waals surface area contributed by atoms with Gasteiger partial charge in [0, 0.05) is 12.5 Å². The summed E-state index contributed by atoms with van der Waals surface area (Å²) in [6.45, 7) is 3.45. The van der Waals surface area contributed by atoms with Crippen molar-refractivity contribution in [3.8, 4) is 0 Å². The first-order valence-corrected chi connectivity index (χ1v) is 5.13. The summed E-state index contributed by atoms with van der Waals surface area (Å²) in [5.41, 5.74) is 1.14. The van der Waals surface area contributed by atoms with E-state index in [4.69, 9.17) is 14.6 Å². The van der Waals surface area contributed by atoms with E-state index in [0.717, 1.165) is 5.56 Å². The Kier molecular flexibility index (Phi) is 6.00. The molecule has 0 aliphatic rings. The fourth-order valence-corrected chi connectivity index (χ4v) is 1.09. The molecule has 0 fully saturated rings. The standard InChI is InChI=1S/C12H18O3/c1-11(7-13)8-14-10-15-9-12-5-3-2-4-6-12/h2-6,11,13H,7-10H2,1H3/t11-/m0/s1. The van der Waals surface area contributed by atoms with Gasteiger partial charge in [0.2, 0.25) is 0 Å². The lowest BCUT2D eigenvalue weighted by molar-refractivity contribution is -0.0738. The molecular formula is C12H18O3. The van der Waals surface area contributed by atoms with Crippen LogP contribution in [0.3, 0.4) is 0 Å². The van der Waals surface area contributed by atoms with Crippen LogP contribution >= 0.6 is 0 Å². The van der Waals surface area contributed by atoms with Gasteiger partial charge < -0.3 is 14.6 Å². The predicted octanol–water partition coefficient (Wildman–Crippen LogP) is 1.81. The Bertz CT molecular complexity index is 248. The quantitative estimate of drug-likeness (QED) is 0.551. The van der Waals surface area contributed by atoms with Crippen molar-refractivity contribution in [2.45, 2.75) is 13.5 Å². The molecule has 0 unspecified atom stereocenters. The van der Waals surface area contributed by atoms with Crippen LogP contribution < -0.4 is 0 Å². The van der Waals surface area contributed by atoms with E-state index >= 15 is 0 Å². The van der Waals surface area contributed by atoms with E-state index in [0.29, 0.717) is 13.2 Å². The normalized spacial score (nSPS) is 12.7. The third kappa shape index (κ3) is 5.52. The predicted molar refractivity (Wildman–Crippen MR) is 58.3 cm³/mol. The topological polar surface area (TPSA) is 38.7 Å². The largest absolute Gasteiger partial charge is 0.396 e. The van der Waals surface area contributed by atoms with Gasteiger partial charge in [-0.15, -0.1) is 0 Å². The van der Waals surface area contributed by atoms with E-state index in [1.807, 2.05) is 37.3 Å². The molecule has 1 aromatic rings. The first-order valence-electron chi connectivity index (χ1n) is 5.13. The van der Waals surface area contributed by atoms with Gasteiger partial charge in [0.15, 0.2) is 0 Å². The molecule has 0 amide bonds. The summed E-state index contributed by atoms with van der Waals surface area (Å²) >= 11 is 0. The second-order valence-electron chi connectivity index (χ2n) is 3.61. The summed E-state index contributed by atoms with van der Waals surface area (Å²) in [5.74, 6) is 0.172. The minimum atomic E-state index is 0.151. The lowest BCUT2D eigenvalue weighted by atomic mass is 10.2. The van der Waals surface area contributed by atoms with E-state index in [-0.39, 0.29) is 19.3 Å². The van der Waals surface area contributed by atoms with Gasteiger partial charge in [-0.2, -0.15) is 0 Å². The molecule has 0 aromatic heterocycles. The van der Waals surface area contributed by atoms with Crippen LogP contribution in [0.2, 0.25) is 0 Å². The van der Waals surface area contributed by atoms with Crippen molar-refractivity contribution in [2.75, 3.05) is 20.0 Å². The molecule has 0 aliphatic heterocycles. The summed E-state index contributed by atoms with van der Waals surface area (Å²) in [7, 11) is 0. The molecule has 1 rings (SSSR count). The Morgan fingerprint density at radius 1 is 1.20 bits per heavy atom. The molecule has 0 saturated carbocycles. The van der Waals surface area contributed by atoms with Crippen molar-refractivity contribution >= 4 is 0 Å². The minimum absolute atomic E-state index is 0.151. The molecule has 0 bridgehead atoms. The van der Waals surface area contributed by atoms with Gasteiger partial charge in [-0.3, -0.25) is 0 Å². The number of benzene rings is 1. The second-order valence-corrected chi connectivity index (χ2v) is 3.61. The fraction of sp³-hybridized carbons (Fsp3) is 0.500. The maximum atomic E-state index is 8.75. The summed E-state index contributed by atoms with van der Waals surface area (Å²) in [6, 6.07) is 9.95. The highest BCUT2D eigenvalue weighted by molar-refractivity contribution is 5.13. The third-order valence-electron chi connectivity index (χ3n) is 1.99. The first kappa shape index (κ1) is 12.2. The van der Waals surface area contributed by atoms with Gasteiger partial charge in [0.05, 0.1) is 13.2 Å². The van der Waals surface area contributed by atoms with Gasteiger partial charge in [-0.1, -0.05) is 37.3 Å². The zero-order valence-electron chi connectivity index (χ0n) is 9.06. The molecule has 3 nitrogen and oxygen atoms in total. The summed E-state index contributed by atoms with van der Waals surface area (Å²) < 4.78 is 10.5. The molecule has 1 N–H and O–H groups in total. The summed E-state index contributed by atoms with van der Waals surface area (Å²) in [6.07, 6.45) is 0. The van der Waals surface area contributed by atoms with Crippen molar-refractivity contribution in [1.82, 2.24) is 0 Å². The monoisotopic (exact) mass is 210 g/mol. The zero-order chi connectivity index (χ0) is 10.9. The molecule has 3 heteroatoms. The second kappa shape index (κ2) is 7.40. The summed E-state index contributed by atoms with van der Waals surface area (Å²) in [4.78, 5) is 0. The lowest BCUT2D eigenvalue weighted by Gasteiger charge is -2.09. The number of aliphatic hydroxyl groups excluding tert-OH is 1. The van der Waals surface area contributed by atoms with E-state index in [1.165, 1.54) is 0 Å². The fourth-order valence-electron chi connectivity index (χ4n) is 1.09. The van der Waals surface area contributed by atoms with Crippen molar-refractivity contribution in [1.29, 1.82) is 0 Å². The third-order valence-corrected chi connectivity index (χ3v) is 1.99. The Balaban J connectivity index is 2.03. The van der Waals surface area contributed by atoms with Gasteiger partial charge in [-0.25, -0.2) is 0 Å². The minimum Gasteiger partial charge on any atom is -0.396 e. The van der Waals surface area contributed by atoms with Crippen LogP contribution in [0.4, 0.5) is 0 Å². The van der Waals surface area contributed by atoms with Crippen LogP contribution in [0.15, 0.2) is 30.3 Å². The molecule has 0 saturated heterocycles. The van der Waals surface area contributed by atoms with E-state index in [2.05, 4.69) is 0 Å². The highest BCUT2D eigenvalue weighted by atomic mass is 16.7. The molecular weight excluding hydrogens is 192 g/mol. The van der Waals surface area contributed by atoms with Crippen LogP contribution in [-0.2, 0) is 16.1 Å². The van der Waals surface area contributed by atoms with Crippen LogP contribution in [0.1, 0.15) is 12.5 Å². The average Bonchev–Trinajstić information content (AvgIpc) is 2.29. The maximum absolute atomic E-state index is 8.75. The van der Waals surface area contributed by atoms with Crippen molar-refractivity contribution in [2.24, 2.45) is 5.92 Å². The smallest absolute Gasteiger partial charge is 0.147 e. The Morgan fingerprint density at radius 3 is 2.60 bits per heavy atom. The van der Waals surface area contributed by atoms with E-state index in [1.54, 1.807) is 0 Å². The molecule has 84 valence electrons. The summed E-state index contributed by atoms with van der Waals surface area (Å²) in [5, 5.41) is 8.75. The molecule has 0 heterocycles. The highest BCUT2D eigenvalue weighted by Crippen LogP contribution is 2.00. The SMILES string of the molecule is C[C@@H](CO)COCOCc1ccccc1. The van der Waals surface area contributed by atoms with Gasteiger partial charge >= 0.3 is 0 Å². The van der Waals surface area contributed by atoms with Gasteiger partial charge in [0.25, 0.3) is 0 Å². The molecule has 0 radical (unpaired) electrons.